The first-order valence-corrected chi connectivity index (χ1v) is 4.89. The third-order valence-corrected chi connectivity index (χ3v) is 2.54. The van der Waals surface area contributed by atoms with Crippen molar-refractivity contribution in [3.63, 3.8) is 0 Å². The van der Waals surface area contributed by atoms with Crippen molar-refractivity contribution < 1.29 is 4.79 Å². The Hall–Kier alpha value is -0.550. The highest BCUT2D eigenvalue weighted by atomic mass is 32.1. The van der Waals surface area contributed by atoms with Gasteiger partial charge in [-0.05, 0) is 12.2 Å². The molecule has 66 valence electrons. The standard InChI is InChI=1S/C7H10N2OS2/c1-4(2)5(10)3-6-8-9-7(11)12-6/h4H,3H2,1-2H3,(H,9,11). The molecule has 0 radical (unpaired) electrons. The van der Waals surface area contributed by atoms with Gasteiger partial charge in [0.2, 0.25) is 0 Å². The summed E-state index contributed by atoms with van der Waals surface area (Å²) in [5, 5.41) is 7.33. The molecule has 0 aliphatic heterocycles. The van der Waals surface area contributed by atoms with Gasteiger partial charge in [0, 0.05) is 5.92 Å². The SMILES string of the molecule is CC(C)C(=O)Cc1n[nH]c(=S)s1. The number of ketones is 1. The van der Waals surface area contributed by atoms with E-state index in [9.17, 15) is 4.79 Å². The van der Waals surface area contributed by atoms with Gasteiger partial charge >= 0.3 is 0 Å². The zero-order chi connectivity index (χ0) is 9.14. The maximum Gasteiger partial charge on any atom is 0.176 e. The van der Waals surface area contributed by atoms with Gasteiger partial charge in [0.1, 0.15) is 10.8 Å². The predicted molar refractivity (Wildman–Crippen MR) is 50.8 cm³/mol. The van der Waals surface area contributed by atoms with Gasteiger partial charge in [-0.15, -0.1) is 0 Å². The Morgan fingerprint density at radius 3 is 2.83 bits per heavy atom. The summed E-state index contributed by atoms with van der Waals surface area (Å²) in [5.41, 5.74) is 0. The molecule has 12 heavy (non-hydrogen) atoms. The highest BCUT2D eigenvalue weighted by molar-refractivity contribution is 7.73. The summed E-state index contributed by atoms with van der Waals surface area (Å²) in [6.07, 6.45) is 0.398. The quantitative estimate of drug-likeness (QED) is 0.762. The number of Topliss-reactive ketones (excluding diaryl/α,β-unsaturated/α-hetero) is 1. The minimum atomic E-state index is 0.0717. The molecule has 5 heteroatoms. The first-order chi connectivity index (χ1) is 5.59. The van der Waals surface area contributed by atoms with Gasteiger partial charge in [0.15, 0.2) is 3.95 Å². The van der Waals surface area contributed by atoms with E-state index in [1.807, 2.05) is 13.8 Å². The Morgan fingerprint density at radius 2 is 2.42 bits per heavy atom. The van der Waals surface area contributed by atoms with E-state index in [1.165, 1.54) is 11.3 Å². The lowest BCUT2D eigenvalue weighted by Gasteiger charge is -1.98. The largest absolute Gasteiger partial charge is 0.299 e. The second-order valence-electron chi connectivity index (χ2n) is 2.80. The van der Waals surface area contributed by atoms with Crippen molar-refractivity contribution in [3.05, 3.63) is 8.96 Å². The molecule has 0 unspecified atom stereocenters. The van der Waals surface area contributed by atoms with Crippen LogP contribution in [0.15, 0.2) is 0 Å². The summed E-state index contributed by atoms with van der Waals surface area (Å²) in [7, 11) is 0. The number of nitrogens with zero attached hydrogens (tertiary/aromatic N) is 1. The average Bonchev–Trinajstić information content (AvgIpc) is 2.35. The molecule has 0 aliphatic carbocycles. The lowest BCUT2D eigenvalue weighted by Crippen LogP contribution is -2.09. The van der Waals surface area contributed by atoms with E-state index in [0.717, 1.165) is 5.01 Å². The Balaban J connectivity index is 2.64. The van der Waals surface area contributed by atoms with Gasteiger partial charge < -0.3 is 0 Å². The molecule has 0 amide bonds. The maximum absolute atomic E-state index is 11.2. The lowest BCUT2D eigenvalue weighted by molar-refractivity contribution is -0.121. The third kappa shape index (κ3) is 2.49. The molecule has 1 heterocycles. The average molecular weight is 202 g/mol. The van der Waals surface area contributed by atoms with Crippen LogP contribution >= 0.6 is 23.6 Å². The van der Waals surface area contributed by atoms with Gasteiger partial charge in [0.25, 0.3) is 0 Å². The molecule has 1 aromatic rings. The molecule has 1 N–H and O–H groups in total. The van der Waals surface area contributed by atoms with Gasteiger partial charge in [-0.25, -0.2) is 0 Å². The van der Waals surface area contributed by atoms with E-state index in [1.54, 1.807) is 0 Å². The molecule has 1 rings (SSSR count). The smallest absolute Gasteiger partial charge is 0.176 e. The minimum absolute atomic E-state index is 0.0717. The van der Waals surface area contributed by atoms with Crippen molar-refractivity contribution in [2.45, 2.75) is 20.3 Å². The van der Waals surface area contributed by atoms with Crippen LogP contribution in [0.5, 0.6) is 0 Å². The second kappa shape index (κ2) is 3.91. The molecule has 0 bridgehead atoms. The first-order valence-electron chi connectivity index (χ1n) is 3.66. The summed E-state index contributed by atoms with van der Waals surface area (Å²) in [6, 6.07) is 0. The van der Waals surface area contributed by atoms with Gasteiger partial charge in [-0.1, -0.05) is 25.2 Å². The van der Waals surface area contributed by atoms with Crippen LogP contribution in [0.2, 0.25) is 0 Å². The number of H-pyrrole nitrogens is 1. The molecule has 1 aromatic heterocycles. The van der Waals surface area contributed by atoms with E-state index >= 15 is 0 Å². The molecule has 0 aromatic carbocycles. The Kier molecular flexibility index (Phi) is 3.11. The topological polar surface area (TPSA) is 45.8 Å². The van der Waals surface area contributed by atoms with Crippen molar-refractivity contribution in [1.29, 1.82) is 0 Å². The van der Waals surface area contributed by atoms with Crippen LogP contribution in [0, 0.1) is 9.87 Å². The Bertz CT molecular complexity index is 326. The number of hydrogen-bond acceptors (Lipinski definition) is 4. The summed E-state index contributed by atoms with van der Waals surface area (Å²) in [5.74, 6) is 0.273. The molecular formula is C7H10N2OS2. The summed E-state index contributed by atoms with van der Waals surface area (Å²) in [6.45, 7) is 3.77. The molecule has 0 saturated carbocycles. The van der Waals surface area contributed by atoms with Gasteiger partial charge in [-0.2, -0.15) is 5.10 Å². The lowest BCUT2D eigenvalue weighted by atomic mass is 10.1. The molecular weight excluding hydrogens is 192 g/mol. The number of carbonyl (C=O) groups is 1. The van der Waals surface area contributed by atoms with Crippen molar-refractivity contribution in [1.82, 2.24) is 10.2 Å². The fourth-order valence-electron chi connectivity index (χ4n) is 0.689. The van der Waals surface area contributed by atoms with E-state index in [0.29, 0.717) is 10.4 Å². The van der Waals surface area contributed by atoms with Crippen molar-refractivity contribution >= 4 is 29.3 Å². The van der Waals surface area contributed by atoms with Crippen LogP contribution in [-0.4, -0.2) is 16.0 Å². The highest BCUT2D eigenvalue weighted by Gasteiger charge is 2.09. The van der Waals surface area contributed by atoms with Crippen molar-refractivity contribution in [2.75, 3.05) is 0 Å². The number of carbonyl (C=O) groups excluding carboxylic acids is 1. The predicted octanol–water partition coefficient (Wildman–Crippen LogP) is 1.97. The zero-order valence-corrected chi connectivity index (χ0v) is 8.59. The summed E-state index contributed by atoms with van der Waals surface area (Å²) in [4.78, 5) is 11.2. The first kappa shape index (κ1) is 9.54. The van der Waals surface area contributed by atoms with Crippen LogP contribution in [-0.2, 0) is 11.2 Å². The monoisotopic (exact) mass is 202 g/mol. The zero-order valence-electron chi connectivity index (χ0n) is 6.96. The van der Waals surface area contributed by atoms with E-state index in [4.69, 9.17) is 12.2 Å². The van der Waals surface area contributed by atoms with E-state index in [-0.39, 0.29) is 11.7 Å². The third-order valence-electron chi connectivity index (χ3n) is 1.45. The Morgan fingerprint density at radius 1 is 1.75 bits per heavy atom. The second-order valence-corrected chi connectivity index (χ2v) is 4.55. The Labute approximate surface area is 79.8 Å². The van der Waals surface area contributed by atoms with Crippen molar-refractivity contribution in [3.8, 4) is 0 Å². The van der Waals surface area contributed by atoms with Crippen LogP contribution in [0.3, 0.4) is 0 Å². The molecule has 0 spiro atoms. The van der Waals surface area contributed by atoms with Gasteiger partial charge in [-0.3, -0.25) is 9.89 Å². The van der Waals surface area contributed by atoms with Crippen LogP contribution < -0.4 is 0 Å². The summed E-state index contributed by atoms with van der Waals surface area (Å²) < 4.78 is 0.626. The van der Waals surface area contributed by atoms with Crippen LogP contribution in [0.1, 0.15) is 18.9 Å². The normalized spacial score (nSPS) is 10.6. The fraction of sp³-hybridized carbons (Fsp3) is 0.571. The minimum Gasteiger partial charge on any atom is -0.299 e. The molecule has 0 aliphatic rings. The number of nitrogens with one attached hydrogen (secondary N) is 1. The molecule has 3 nitrogen and oxygen atoms in total. The number of rotatable bonds is 3. The fourth-order valence-corrected chi connectivity index (χ4v) is 1.63. The van der Waals surface area contributed by atoms with Crippen LogP contribution in [0.4, 0.5) is 0 Å². The number of hydrogen-bond donors (Lipinski definition) is 1. The summed E-state index contributed by atoms with van der Waals surface area (Å²) >= 11 is 6.20. The highest BCUT2D eigenvalue weighted by Crippen LogP contribution is 2.08. The van der Waals surface area contributed by atoms with Crippen LogP contribution in [0.25, 0.3) is 0 Å². The van der Waals surface area contributed by atoms with E-state index < -0.39 is 0 Å². The maximum atomic E-state index is 11.2. The van der Waals surface area contributed by atoms with Gasteiger partial charge in [0.05, 0.1) is 6.42 Å². The molecule has 0 fully saturated rings. The van der Waals surface area contributed by atoms with E-state index in [2.05, 4.69) is 10.2 Å². The number of aromatic nitrogens is 2. The van der Waals surface area contributed by atoms with Crippen molar-refractivity contribution in [2.24, 2.45) is 5.92 Å². The number of aromatic amines is 1. The molecule has 0 saturated heterocycles. The molecule has 0 atom stereocenters.